The van der Waals surface area contributed by atoms with Gasteiger partial charge in [0.15, 0.2) is 17.1 Å². The Kier molecular flexibility index (Phi) is 6.49. The van der Waals surface area contributed by atoms with Crippen molar-refractivity contribution in [2.75, 3.05) is 34.5 Å². The number of carbonyl (C=O) groups excluding carboxylic acids is 1. The maximum atomic E-state index is 12.9. The van der Waals surface area contributed by atoms with Crippen LogP contribution in [0.15, 0.2) is 59.1 Å². The third-order valence-electron chi connectivity index (χ3n) is 6.24. The van der Waals surface area contributed by atoms with Gasteiger partial charge in [0.05, 0.1) is 46.6 Å². The molecule has 2 atom stereocenters. The summed E-state index contributed by atoms with van der Waals surface area (Å²) in [4.78, 5) is 17.3. The average Bonchev–Trinajstić information content (AvgIpc) is 3.53. The molecule has 3 heterocycles. The van der Waals surface area contributed by atoms with E-state index < -0.39 is 0 Å². The van der Waals surface area contributed by atoms with Crippen LogP contribution in [0.25, 0.3) is 33.6 Å². The molecule has 1 aliphatic heterocycles. The summed E-state index contributed by atoms with van der Waals surface area (Å²) in [6.45, 7) is 0.848. The van der Waals surface area contributed by atoms with Crippen molar-refractivity contribution in [1.29, 1.82) is 0 Å². The van der Waals surface area contributed by atoms with E-state index in [1.54, 1.807) is 33.6 Å². The summed E-state index contributed by atoms with van der Waals surface area (Å²) in [6.07, 6.45) is 1.72. The van der Waals surface area contributed by atoms with Crippen molar-refractivity contribution in [2.45, 2.75) is 12.1 Å². The van der Waals surface area contributed by atoms with Crippen LogP contribution in [0.4, 0.5) is 0 Å². The Bertz CT molecular complexity index is 1390. The molecule has 0 spiro atoms. The van der Waals surface area contributed by atoms with Crippen molar-refractivity contribution >= 4 is 17.0 Å². The third-order valence-corrected chi connectivity index (χ3v) is 6.24. The molecular weight excluding hydrogens is 462 g/mol. The van der Waals surface area contributed by atoms with Gasteiger partial charge in [0, 0.05) is 29.0 Å². The maximum Gasteiger partial charge on any atom is 0.251 e. The zero-order valence-electron chi connectivity index (χ0n) is 20.2. The van der Waals surface area contributed by atoms with Crippen LogP contribution in [0.1, 0.15) is 10.4 Å². The van der Waals surface area contributed by atoms with Crippen molar-refractivity contribution in [1.82, 2.24) is 10.3 Å². The zero-order chi connectivity index (χ0) is 25.2. The predicted octanol–water partition coefficient (Wildman–Crippen LogP) is 3.64. The highest BCUT2D eigenvalue weighted by molar-refractivity contribution is 5.98. The first kappa shape index (κ1) is 23.7. The first-order valence-electron chi connectivity index (χ1n) is 11.5. The summed E-state index contributed by atoms with van der Waals surface area (Å²) in [5.41, 5.74) is 10.2. The molecule has 1 fully saturated rings. The fraction of sp³-hybridized carbons (Fsp3) is 0.259. The Hall–Kier alpha value is -4.08. The van der Waals surface area contributed by atoms with Crippen molar-refractivity contribution in [2.24, 2.45) is 5.73 Å². The normalized spacial score (nSPS) is 17.2. The molecule has 1 amide bonds. The number of amides is 1. The summed E-state index contributed by atoms with van der Waals surface area (Å²) in [7, 11) is 4.69. The minimum absolute atomic E-state index is 0.203. The molecule has 186 valence electrons. The van der Waals surface area contributed by atoms with E-state index in [0.717, 1.165) is 16.7 Å². The van der Waals surface area contributed by atoms with E-state index in [4.69, 9.17) is 29.1 Å². The first-order chi connectivity index (χ1) is 17.5. The number of benzene rings is 2. The fourth-order valence-corrected chi connectivity index (χ4v) is 4.33. The molecule has 0 saturated carbocycles. The molecule has 1 aliphatic rings. The van der Waals surface area contributed by atoms with Crippen LogP contribution in [0.5, 0.6) is 17.2 Å². The van der Waals surface area contributed by atoms with E-state index in [-0.39, 0.29) is 18.0 Å². The molecule has 0 bridgehead atoms. The number of aromatic nitrogens is 1. The van der Waals surface area contributed by atoms with Gasteiger partial charge in [-0.1, -0.05) is 12.1 Å². The number of furan rings is 1. The van der Waals surface area contributed by atoms with Gasteiger partial charge in [0.2, 0.25) is 5.75 Å². The Morgan fingerprint density at radius 3 is 2.44 bits per heavy atom. The van der Waals surface area contributed by atoms with Crippen molar-refractivity contribution < 1.29 is 28.2 Å². The van der Waals surface area contributed by atoms with E-state index in [2.05, 4.69) is 10.3 Å². The Labute approximate surface area is 208 Å². The Morgan fingerprint density at radius 2 is 1.78 bits per heavy atom. The number of ether oxygens (including phenoxy) is 4. The predicted molar refractivity (Wildman–Crippen MR) is 135 cm³/mol. The summed E-state index contributed by atoms with van der Waals surface area (Å²) in [5.74, 6) is 1.93. The molecule has 9 heteroatoms. The minimum atomic E-state index is -0.214. The Balaban J connectivity index is 1.51. The molecule has 0 unspecified atom stereocenters. The quantitative estimate of drug-likeness (QED) is 0.404. The van der Waals surface area contributed by atoms with Gasteiger partial charge >= 0.3 is 0 Å². The number of carbonyl (C=O) groups is 1. The van der Waals surface area contributed by atoms with E-state index in [9.17, 15) is 4.79 Å². The lowest BCUT2D eigenvalue weighted by Gasteiger charge is -2.15. The molecule has 0 radical (unpaired) electrons. The lowest BCUT2D eigenvalue weighted by atomic mass is 10.0. The van der Waals surface area contributed by atoms with Gasteiger partial charge in [0.1, 0.15) is 11.3 Å². The molecule has 0 aliphatic carbocycles. The summed E-state index contributed by atoms with van der Waals surface area (Å²) >= 11 is 0. The smallest absolute Gasteiger partial charge is 0.251 e. The number of nitrogens with two attached hydrogens (primary N) is 1. The monoisotopic (exact) mass is 489 g/mol. The number of hydrogen-bond acceptors (Lipinski definition) is 8. The standard InChI is InChI=1S/C27H27N3O6/c1-32-23-10-17(11-24(33-2)26(23)34-3)22-12-20-25(36-22)18(7-8-29-20)15-5-4-6-16(9-15)27(31)30-21-14-35-13-19(21)28/h4-12,19,21H,13-14,28H2,1-3H3,(H,30,31)/t19-,21+/m0/s1. The minimum Gasteiger partial charge on any atom is -0.493 e. The van der Waals surface area contributed by atoms with Crippen LogP contribution in [0, 0.1) is 0 Å². The Morgan fingerprint density at radius 1 is 1.00 bits per heavy atom. The summed E-state index contributed by atoms with van der Waals surface area (Å²) in [5, 5.41) is 2.96. The molecule has 3 N–H and O–H groups in total. The lowest BCUT2D eigenvalue weighted by molar-refractivity contribution is 0.0928. The number of pyridine rings is 1. The maximum absolute atomic E-state index is 12.9. The number of nitrogens with zero attached hydrogens (tertiary/aromatic N) is 1. The second kappa shape index (κ2) is 9.88. The number of rotatable bonds is 7. The number of nitrogens with one attached hydrogen (secondary N) is 1. The highest BCUT2D eigenvalue weighted by atomic mass is 16.5. The van der Waals surface area contributed by atoms with Gasteiger partial charge in [-0.25, -0.2) is 0 Å². The average molecular weight is 490 g/mol. The SMILES string of the molecule is COc1cc(-c2cc3nccc(-c4cccc(C(=O)N[C@@H]5COC[C@@H]5N)c4)c3o2)cc(OC)c1OC. The molecule has 9 nitrogen and oxygen atoms in total. The van der Waals surface area contributed by atoms with Crippen LogP contribution in [-0.4, -0.2) is 57.5 Å². The molecule has 5 rings (SSSR count). The van der Waals surface area contributed by atoms with Crippen molar-refractivity contribution in [3.05, 3.63) is 60.3 Å². The number of hydrogen-bond donors (Lipinski definition) is 2. The third kappa shape index (κ3) is 4.34. The molecule has 36 heavy (non-hydrogen) atoms. The summed E-state index contributed by atoms with van der Waals surface area (Å²) < 4.78 is 28.0. The molecule has 2 aromatic carbocycles. The van der Waals surface area contributed by atoms with Gasteiger partial charge < -0.3 is 34.4 Å². The van der Waals surface area contributed by atoms with E-state index in [1.165, 1.54) is 0 Å². The number of methoxy groups -OCH3 is 3. The van der Waals surface area contributed by atoms with Gasteiger partial charge in [-0.15, -0.1) is 0 Å². The van der Waals surface area contributed by atoms with Gasteiger partial charge in [-0.2, -0.15) is 0 Å². The highest BCUT2D eigenvalue weighted by Gasteiger charge is 2.27. The molecule has 2 aromatic heterocycles. The lowest BCUT2D eigenvalue weighted by Crippen LogP contribution is -2.46. The van der Waals surface area contributed by atoms with Gasteiger partial charge in [0.25, 0.3) is 5.91 Å². The van der Waals surface area contributed by atoms with Crippen LogP contribution in [0.2, 0.25) is 0 Å². The van der Waals surface area contributed by atoms with Gasteiger partial charge in [-0.3, -0.25) is 9.78 Å². The molecule has 4 aromatic rings. The summed E-state index contributed by atoms with van der Waals surface area (Å²) in [6, 6.07) is 14.3. The van der Waals surface area contributed by atoms with Crippen LogP contribution in [-0.2, 0) is 4.74 Å². The van der Waals surface area contributed by atoms with E-state index in [0.29, 0.717) is 52.9 Å². The van der Waals surface area contributed by atoms with Gasteiger partial charge in [-0.05, 0) is 35.9 Å². The van der Waals surface area contributed by atoms with E-state index in [1.807, 2.05) is 42.5 Å². The number of fused-ring (bicyclic) bond motifs is 1. The second-order valence-corrected chi connectivity index (χ2v) is 8.46. The largest absolute Gasteiger partial charge is 0.493 e. The zero-order valence-corrected chi connectivity index (χ0v) is 20.2. The van der Waals surface area contributed by atoms with Crippen LogP contribution < -0.4 is 25.3 Å². The second-order valence-electron chi connectivity index (χ2n) is 8.46. The molecular formula is C27H27N3O6. The highest BCUT2D eigenvalue weighted by Crippen LogP contribution is 2.42. The van der Waals surface area contributed by atoms with Crippen molar-refractivity contribution in [3.8, 4) is 39.7 Å². The van der Waals surface area contributed by atoms with Crippen LogP contribution >= 0.6 is 0 Å². The fourth-order valence-electron chi connectivity index (χ4n) is 4.33. The van der Waals surface area contributed by atoms with Crippen molar-refractivity contribution in [3.63, 3.8) is 0 Å². The topological polar surface area (TPSA) is 118 Å². The first-order valence-corrected chi connectivity index (χ1v) is 11.5. The van der Waals surface area contributed by atoms with E-state index >= 15 is 0 Å². The van der Waals surface area contributed by atoms with Crippen LogP contribution in [0.3, 0.4) is 0 Å². The molecule has 1 saturated heterocycles.